The number of fused-ring (bicyclic) bond motifs is 5. The number of amides is 1. The highest BCUT2D eigenvalue weighted by Gasteiger charge is 2.31. The molecule has 6 heteroatoms. The van der Waals surface area contributed by atoms with Crippen molar-refractivity contribution in [3.8, 4) is 5.69 Å². The van der Waals surface area contributed by atoms with Crippen LogP contribution in [-0.4, -0.2) is 29.0 Å². The van der Waals surface area contributed by atoms with Crippen LogP contribution in [0.3, 0.4) is 0 Å². The molecule has 2 aliphatic rings. The maximum atomic E-state index is 14.3. The first-order chi connectivity index (χ1) is 16.1. The van der Waals surface area contributed by atoms with Gasteiger partial charge in [-0.05, 0) is 55.1 Å². The van der Waals surface area contributed by atoms with Gasteiger partial charge >= 0.3 is 0 Å². The van der Waals surface area contributed by atoms with Crippen molar-refractivity contribution >= 4 is 39.9 Å². The van der Waals surface area contributed by atoms with Crippen molar-refractivity contribution in [2.75, 3.05) is 18.5 Å². The number of nitrogens with zero attached hydrogens (tertiary/aromatic N) is 3. The summed E-state index contributed by atoms with van der Waals surface area (Å²) in [5.74, 6) is -0.141. The molecule has 4 aromatic rings. The van der Waals surface area contributed by atoms with Crippen molar-refractivity contribution in [1.82, 2.24) is 9.47 Å². The van der Waals surface area contributed by atoms with E-state index < -0.39 is 0 Å². The first kappa shape index (κ1) is 20.5. The Hall–Kier alpha value is -3.09. The van der Waals surface area contributed by atoms with E-state index in [4.69, 9.17) is 0 Å². The number of carbonyl (C=O) groups is 1. The topological polar surface area (TPSA) is 28.5 Å². The maximum Gasteiger partial charge on any atom is 0.231 e. The normalized spacial score (nSPS) is 15.3. The number of carbonyl (C=O) groups excluding carboxylic acids is 1. The van der Waals surface area contributed by atoms with Crippen LogP contribution in [0.4, 0.5) is 15.8 Å². The predicted molar refractivity (Wildman–Crippen MR) is 131 cm³/mol. The minimum Gasteiger partial charge on any atom is -0.312 e. The number of hydrogen-bond donors (Lipinski definition) is 0. The third kappa shape index (κ3) is 3.12. The molecular formula is C27H24FN3OS. The van der Waals surface area contributed by atoms with Crippen LogP contribution >= 0.6 is 11.8 Å². The summed E-state index contributed by atoms with van der Waals surface area (Å²) in [7, 11) is 2.11. The van der Waals surface area contributed by atoms with E-state index in [0.29, 0.717) is 6.42 Å². The van der Waals surface area contributed by atoms with Gasteiger partial charge in [-0.2, -0.15) is 0 Å². The molecule has 0 saturated carbocycles. The Morgan fingerprint density at radius 2 is 1.82 bits per heavy atom. The lowest BCUT2D eigenvalue weighted by molar-refractivity contribution is -0.117. The molecule has 166 valence electrons. The molecule has 0 spiro atoms. The van der Waals surface area contributed by atoms with Crippen LogP contribution in [0.25, 0.3) is 16.6 Å². The largest absolute Gasteiger partial charge is 0.312 e. The Morgan fingerprint density at radius 3 is 2.67 bits per heavy atom. The number of anilines is 2. The summed E-state index contributed by atoms with van der Waals surface area (Å²) >= 11 is 1.70. The zero-order valence-electron chi connectivity index (χ0n) is 18.6. The van der Waals surface area contributed by atoms with Crippen LogP contribution in [-0.2, 0) is 17.8 Å². The van der Waals surface area contributed by atoms with Gasteiger partial charge in [-0.15, -0.1) is 0 Å². The zero-order chi connectivity index (χ0) is 22.7. The van der Waals surface area contributed by atoms with Crippen molar-refractivity contribution in [3.63, 3.8) is 0 Å². The van der Waals surface area contributed by atoms with E-state index in [0.717, 1.165) is 57.3 Å². The fraction of sp³-hybridized carbons (Fsp3) is 0.222. The molecule has 33 heavy (non-hydrogen) atoms. The lowest BCUT2D eigenvalue weighted by Crippen LogP contribution is -2.28. The summed E-state index contributed by atoms with van der Waals surface area (Å²) in [5, 5.41) is 0.969. The molecule has 0 radical (unpaired) electrons. The molecule has 0 aliphatic carbocycles. The molecule has 6 rings (SSSR count). The van der Waals surface area contributed by atoms with Gasteiger partial charge in [0, 0.05) is 41.9 Å². The van der Waals surface area contributed by atoms with E-state index in [1.54, 1.807) is 23.9 Å². The fourth-order valence-corrected chi connectivity index (χ4v) is 6.26. The second kappa shape index (κ2) is 7.75. The lowest BCUT2D eigenvalue weighted by Gasteiger charge is -2.33. The highest BCUT2D eigenvalue weighted by atomic mass is 32.2. The monoisotopic (exact) mass is 457 g/mol. The summed E-state index contributed by atoms with van der Waals surface area (Å²) in [4.78, 5) is 19.3. The van der Waals surface area contributed by atoms with E-state index in [9.17, 15) is 9.18 Å². The number of halogens is 1. The highest BCUT2D eigenvalue weighted by Crippen LogP contribution is 2.51. The molecule has 2 aliphatic heterocycles. The zero-order valence-corrected chi connectivity index (χ0v) is 19.5. The van der Waals surface area contributed by atoms with E-state index in [1.165, 1.54) is 11.3 Å². The smallest absolute Gasteiger partial charge is 0.231 e. The van der Waals surface area contributed by atoms with Gasteiger partial charge in [0.2, 0.25) is 5.91 Å². The average molecular weight is 458 g/mol. The van der Waals surface area contributed by atoms with Crippen molar-refractivity contribution in [2.45, 2.75) is 36.1 Å². The van der Waals surface area contributed by atoms with Gasteiger partial charge in [0.15, 0.2) is 0 Å². The van der Waals surface area contributed by atoms with Crippen LogP contribution in [0.5, 0.6) is 0 Å². The number of benzene rings is 3. The van der Waals surface area contributed by atoms with Crippen LogP contribution in [0, 0.1) is 5.82 Å². The van der Waals surface area contributed by atoms with Gasteiger partial charge in [-0.3, -0.25) is 9.69 Å². The van der Waals surface area contributed by atoms with Gasteiger partial charge in [0.1, 0.15) is 5.82 Å². The molecule has 1 aromatic heterocycles. The fourth-order valence-electron chi connectivity index (χ4n) is 5.11. The number of para-hydroxylation sites is 1. The Labute approximate surface area is 196 Å². The van der Waals surface area contributed by atoms with Crippen molar-refractivity contribution in [3.05, 3.63) is 77.7 Å². The first-order valence-electron chi connectivity index (χ1n) is 11.3. The minimum absolute atomic E-state index is 0.0734. The molecular weight excluding hydrogens is 433 g/mol. The lowest BCUT2D eigenvalue weighted by atomic mass is 10.0. The van der Waals surface area contributed by atoms with Crippen molar-refractivity contribution in [2.24, 2.45) is 0 Å². The van der Waals surface area contributed by atoms with E-state index in [-0.39, 0.29) is 11.7 Å². The molecule has 0 N–H and O–H groups in total. The molecule has 0 bridgehead atoms. The molecule has 3 heterocycles. The summed E-state index contributed by atoms with van der Waals surface area (Å²) < 4.78 is 16.6. The standard InChI is InChI=1S/C27H24FN3OS/c1-3-26(32)31-22-7-4-5-10-25(22)33-27-23(8-6-9-24(27)31)30-20-12-11-17(28)15-18(20)19-16-29(2)14-13-21(19)30/h4-12,15H,3,13-14,16H2,1-2H3. The maximum absolute atomic E-state index is 14.3. The van der Waals surface area contributed by atoms with Crippen LogP contribution < -0.4 is 4.90 Å². The van der Waals surface area contributed by atoms with Crippen LogP contribution in [0.1, 0.15) is 24.6 Å². The average Bonchev–Trinajstić information content (AvgIpc) is 3.14. The van der Waals surface area contributed by atoms with Crippen LogP contribution in [0.15, 0.2) is 70.5 Å². The summed E-state index contributed by atoms with van der Waals surface area (Å²) in [6, 6.07) is 19.3. The van der Waals surface area contributed by atoms with Gasteiger partial charge in [0.25, 0.3) is 0 Å². The van der Waals surface area contributed by atoms with E-state index >= 15 is 0 Å². The molecule has 3 aromatic carbocycles. The Morgan fingerprint density at radius 1 is 1.03 bits per heavy atom. The molecule has 0 saturated heterocycles. The van der Waals surface area contributed by atoms with E-state index in [1.807, 2.05) is 48.2 Å². The second-order valence-corrected chi connectivity index (χ2v) is 9.74. The third-order valence-electron chi connectivity index (χ3n) is 6.63. The van der Waals surface area contributed by atoms with Crippen molar-refractivity contribution in [1.29, 1.82) is 0 Å². The molecule has 0 unspecified atom stereocenters. The SMILES string of the molecule is CCC(=O)N1c2ccccc2Sc2c1cccc2-n1c2c(c3cc(F)ccc31)CN(C)CC2. The summed E-state index contributed by atoms with van der Waals surface area (Å²) in [6.45, 7) is 3.65. The Kier molecular flexibility index (Phi) is 4.82. The van der Waals surface area contributed by atoms with Gasteiger partial charge < -0.3 is 9.47 Å². The summed E-state index contributed by atoms with van der Waals surface area (Å²) in [6.07, 6.45) is 1.32. The number of hydrogen-bond acceptors (Lipinski definition) is 3. The molecule has 0 atom stereocenters. The Bertz CT molecular complexity index is 1430. The minimum atomic E-state index is -0.214. The number of likely N-dealkylation sites (N-methyl/N-ethyl adjacent to an activating group) is 1. The van der Waals surface area contributed by atoms with Crippen LogP contribution in [0.2, 0.25) is 0 Å². The molecule has 1 amide bonds. The Balaban J connectivity index is 1.64. The van der Waals surface area contributed by atoms with Crippen molar-refractivity contribution < 1.29 is 9.18 Å². The molecule has 4 nitrogen and oxygen atoms in total. The second-order valence-electron chi connectivity index (χ2n) is 8.69. The van der Waals surface area contributed by atoms with Gasteiger partial charge in [-0.1, -0.05) is 36.9 Å². The summed E-state index contributed by atoms with van der Waals surface area (Å²) in [5.41, 5.74) is 6.32. The van der Waals surface area contributed by atoms with Gasteiger partial charge in [-0.25, -0.2) is 4.39 Å². The highest BCUT2D eigenvalue weighted by molar-refractivity contribution is 8.00. The van der Waals surface area contributed by atoms with E-state index in [2.05, 4.69) is 28.6 Å². The van der Waals surface area contributed by atoms with Gasteiger partial charge in [0.05, 0.1) is 27.5 Å². The molecule has 0 fully saturated rings. The third-order valence-corrected chi connectivity index (χ3v) is 7.81. The quantitative estimate of drug-likeness (QED) is 0.354. The number of rotatable bonds is 2. The number of aromatic nitrogens is 1. The predicted octanol–water partition coefficient (Wildman–Crippen LogP) is 6.30. The first-order valence-corrected chi connectivity index (χ1v) is 12.1.